The Morgan fingerprint density at radius 2 is 2.22 bits per heavy atom. The first kappa shape index (κ1) is 12.0. The van der Waals surface area contributed by atoms with Crippen molar-refractivity contribution < 1.29 is 14.7 Å². The highest BCUT2D eigenvalue weighted by Crippen LogP contribution is 2.31. The summed E-state index contributed by atoms with van der Waals surface area (Å²) in [6.45, 7) is 0.0733. The molecular weight excluding hydrogens is 232 g/mol. The van der Waals surface area contributed by atoms with E-state index in [0.717, 1.165) is 5.56 Å². The molecule has 0 spiro atoms. The summed E-state index contributed by atoms with van der Waals surface area (Å²) < 4.78 is 0. The number of aliphatic carboxylic acids is 1. The van der Waals surface area contributed by atoms with Crippen LogP contribution in [0.4, 0.5) is 10.5 Å². The van der Waals surface area contributed by atoms with Crippen molar-refractivity contribution >= 4 is 17.7 Å². The molecule has 0 saturated carbocycles. The number of carboxylic acids is 1. The summed E-state index contributed by atoms with van der Waals surface area (Å²) in [6.07, 6.45) is 5.38. The second kappa shape index (κ2) is 4.80. The van der Waals surface area contributed by atoms with Crippen LogP contribution < -0.4 is 10.2 Å². The number of para-hydroxylation sites is 1. The third-order valence-corrected chi connectivity index (χ3v) is 2.82. The maximum absolute atomic E-state index is 11.9. The van der Waals surface area contributed by atoms with Crippen LogP contribution in [0.1, 0.15) is 5.56 Å². The van der Waals surface area contributed by atoms with Gasteiger partial charge in [0, 0.05) is 12.1 Å². The molecule has 0 fully saturated rings. The third kappa shape index (κ3) is 2.00. The van der Waals surface area contributed by atoms with Gasteiger partial charge < -0.3 is 10.4 Å². The molecule has 1 aliphatic heterocycles. The van der Waals surface area contributed by atoms with Gasteiger partial charge in [0.15, 0.2) is 0 Å². The number of hydrogen-bond acceptors (Lipinski definition) is 2. The summed E-state index contributed by atoms with van der Waals surface area (Å²) in [5, 5.41) is 11.7. The first-order valence-electron chi connectivity index (χ1n) is 5.46. The van der Waals surface area contributed by atoms with Crippen LogP contribution in [0.2, 0.25) is 0 Å². The molecule has 1 unspecified atom stereocenters. The van der Waals surface area contributed by atoms with Gasteiger partial charge in [-0.2, -0.15) is 0 Å². The van der Waals surface area contributed by atoms with Crippen molar-refractivity contribution in [3.05, 3.63) is 29.8 Å². The van der Waals surface area contributed by atoms with Gasteiger partial charge in [0.05, 0.1) is 6.54 Å². The van der Waals surface area contributed by atoms with Crippen LogP contribution in [0.5, 0.6) is 0 Å². The molecule has 0 radical (unpaired) electrons. The van der Waals surface area contributed by atoms with Crippen LogP contribution in [0.15, 0.2) is 24.3 Å². The number of carboxylic acid groups (broad SMARTS) is 1. The van der Waals surface area contributed by atoms with E-state index in [0.29, 0.717) is 12.1 Å². The van der Waals surface area contributed by atoms with Crippen molar-refractivity contribution in [2.45, 2.75) is 12.5 Å². The lowest BCUT2D eigenvalue weighted by molar-refractivity contribution is -0.138. The number of carbonyl (C=O) groups excluding carboxylic acids is 1. The Labute approximate surface area is 104 Å². The smallest absolute Gasteiger partial charge is 0.327 e. The largest absolute Gasteiger partial charge is 0.480 e. The quantitative estimate of drug-likeness (QED) is 0.757. The van der Waals surface area contributed by atoms with Gasteiger partial charge in [0.2, 0.25) is 0 Å². The Bertz CT molecular complexity index is 533. The number of hydrogen-bond donors (Lipinski definition) is 2. The van der Waals surface area contributed by atoms with Gasteiger partial charge in [0.1, 0.15) is 6.04 Å². The molecule has 0 aliphatic carbocycles. The number of amides is 2. The lowest BCUT2D eigenvalue weighted by Crippen LogP contribution is -2.48. The van der Waals surface area contributed by atoms with Crippen LogP contribution >= 0.6 is 0 Å². The second-order valence-corrected chi connectivity index (χ2v) is 3.92. The fraction of sp³-hybridized carbons (Fsp3) is 0.231. The predicted molar refractivity (Wildman–Crippen MR) is 66.3 cm³/mol. The third-order valence-electron chi connectivity index (χ3n) is 2.82. The molecule has 0 bridgehead atoms. The lowest BCUT2D eigenvalue weighted by atomic mass is 10.1. The SMILES string of the molecule is C#CCNC(=O)N1c2ccccc2CC1C(=O)O. The molecule has 5 nitrogen and oxygen atoms in total. The number of terminal acetylenes is 1. The standard InChI is InChI=1S/C13H12N2O3/c1-2-7-14-13(18)15-10-6-4-3-5-9(10)8-11(15)12(16)17/h1,3-6,11H,7-8H2,(H,14,18)(H,16,17). The zero-order valence-electron chi connectivity index (χ0n) is 9.59. The second-order valence-electron chi connectivity index (χ2n) is 3.92. The maximum Gasteiger partial charge on any atom is 0.327 e. The number of urea groups is 1. The van der Waals surface area contributed by atoms with Gasteiger partial charge in [-0.05, 0) is 11.6 Å². The summed E-state index contributed by atoms with van der Waals surface area (Å²) in [6, 6.07) is 5.78. The molecule has 18 heavy (non-hydrogen) atoms. The van der Waals surface area contributed by atoms with Gasteiger partial charge in [-0.1, -0.05) is 24.1 Å². The molecular formula is C13H12N2O3. The normalized spacial score (nSPS) is 16.8. The van der Waals surface area contributed by atoms with Crippen LogP contribution in [0.25, 0.3) is 0 Å². The Kier molecular flexibility index (Phi) is 3.20. The van der Waals surface area contributed by atoms with Crippen LogP contribution in [-0.4, -0.2) is 29.7 Å². The van der Waals surface area contributed by atoms with E-state index >= 15 is 0 Å². The number of benzene rings is 1. The molecule has 2 N–H and O–H groups in total. The Balaban J connectivity index is 2.32. The molecule has 2 amide bonds. The molecule has 1 aromatic carbocycles. The number of anilines is 1. The highest BCUT2D eigenvalue weighted by atomic mass is 16.4. The molecule has 0 aromatic heterocycles. The average molecular weight is 244 g/mol. The maximum atomic E-state index is 11.9. The van der Waals surface area contributed by atoms with E-state index in [-0.39, 0.29) is 6.54 Å². The zero-order valence-corrected chi connectivity index (χ0v) is 9.59. The molecule has 92 valence electrons. The van der Waals surface area contributed by atoms with Crippen molar-refractivity contribution in [2.75, 3.05) is 11.4 Å². The fourth-order valence-electron chi connectivity index (χ4n) is 2.05. The summed E-state index contributed by atoms with van der Waals surface area (Å²) in [5.41, 5.74) is 1.47. The minimum Gasteiger partial charge on any atom is -0.480 e. The topological polar surface area (TPSA) is 69.6 Å². The minimum absolute atomic E-state index is 0.0733. The Hall–Kier alpha value is -2.48. The number of carbonyl (C=O) groups is 2. The number of rotatable bonds is 2. The molecule has 1 heterocycles. The van der Waals surface area contributed by atoms with Gasteiger partial charge in [-0.15, -0.1) is 6.42 Å². The highest BCUT2D eigenvalue weighted by molar-refractivity contribution is 6.01. The molecule has 1 aromatic rings. The molecule has 1 atom stereocenters. The van der Waals surface area contributed by atoms with Gasteiger partial charge >= 0.3 is 12.0 Å². The number of nitrogens with zero attached hydrogens (tertiary/aromatic N) is 1. The summed E-state index contributed by atoms with van der Waals surface area (Å²) >= 11 is 0. The first-order chi connectivity index (χ1) is 8.65. The average Bonchev–Trinajstić information content (AvgIpc) is 2.75. The first-order valence-corrected chi connectivity index (χ1v) is 5.46. The van der Waals surface area contributed by atoms with Crippen molar-refractivity contribution in [1.29, 1.82) is 0 Å². The van der Waals surface area contributed by atoms with Gasteiger partial charge in [-0.25, -0.2) is 9.59 Å². The number of fused-ring (bicyclic) bond motifs is 1. The molecule has 2 rings (SSSR count). The van der Waals surface area contributed by atoms with Crippen LogP contribution in [0, 0.1) is 12.3 Å². The van der Waals surface area contributed by atoms with Gasteiger partial charge in [0.25, 0.3) is 0 Å². The number of nitrogens with one attached hydrogen (secondary N) is 1. The molecule has 1 aliphatic rings. The van der Waals surface area contributed by atoms with E-state index in [1.165, 1.54) is 4.90 Å². The van der Waals surface area contributed by atoms with Crippen molar-refractivity contribution in [2.24, 2.45) is 0 Å². The Morgan fingerprint density at radius 1 is 1.50 bits per heavy atom. The van der Waals surface area contributed by atoms with E-state index in [2.05, 4.69) is 11.2 Å². The monoisotopic (exact) mass is 244 g/mol. The predicted octanol–water partition coefficient (Wildman–Crippen LogP) is 0.845. The summed E-state index contributed by atoms with van der Waals surface area (Å²) in [5.74, 6) is 1.26. The highest BCUT2D eigenvalue weighted by Gasteiger charge is 2.37. The van der Waals surface area contributed by atoms with E-state index in [1.807, 2.05) is 12.1 Å². The van der Waals surface area contributed by atoms with Crippen LogP contribution in [-0.2, 0) is 11.2 Å². The molecule has 0 saturated heterocycles. The minimum atomic E-state index is -1.03. The summed E-state index contributed by atoms with van der Waals surface area (Å²) in [7, 11) is 0. The van der Waals surface area contributed by atoms with E-state index in [9.17, 15) is 9.59 Å². The van der Waals surface area contributed by atoms with E-state index in [1.54, 1.807) is 12.1 Å². The molecule has 5 heteroatoms. The van der Waals surface area contributed by atoms with Crippen LogP contribution in [0.3, 0.4) is 0 Å². The van der Waals surface area contributed by atoms with Gasteiger partial charge in [-0.3, -0.25) is 4.90 Å². The fourth-order valence-corrected chi connectivity index (χ4v) is 2.05. The lowest BCUT2D eigenvalue weighted by Gasteiger charge is -2.22. The van der Waals surface area contributed by atoms with Crippen molar-refractivity contribution in [1.82, 2.24) is 5.32 Å². The van der Waals surface area contributed by atoms with E-state index in [4.69, 9.17) is 11.5 Å². The van der Waals surface area contributed by atoms with Crippen molar-refractivity contribution in [3.8, 4) is 12.3 Å². The summed E-state index contributed by atoms with van der Waals surface area (Å²) in [4.78, 5) is 24.4. The van der Waals surface area contributed by atoms with E-state index < -0.39 is 18.0 Å². The zero-order chi connectivity index (χ0) is 13.1. The Morgan fingerprint density at radius 3 is 2.89 bits per heavy atom. The van der Waals surface area contributed by atoms with Crippen molar-refractivity contribution in [3.63, 3.8) is 0 Å².